The van der Waals surface area contributed by atoms with Gasteiger partial charge in [0.25, 0.3) is 5.91 Å². The average Bonchev–Trinajstić information content (AvgIpc) is 2.99. The van der Waals surface area contributed by atoms with Crippen molar-refractivity contribution in [2.45, 2.75) is 6.54 Å². The molecule has 0 aliphatic rings. The minimum atomic E-state index is -0.0739. The Morgan fingerprint density at radius 1 is 1.61 bits per heavy atom. The number of rotatable bonds is 5. The fourth-order valence-electron chi connectivity index (χ4n) is 1.63. The quantitative estimate of drug-likeness (QED) is 0.835. The summed E-state index contributed by atoms with van der Waals surface area (Å²) in [5.41, 5.74) is 0.499. The molecule has 1 N–H and O–H groups in total. The lowest BCUT2D eigenvalue weighted by atomic mass is 10.3. The first-order valence-corrected chi connectivity index (χ1v) is 6.73. The molecule has 0 fully saturated rings. The smallest absolute Gasteiger partial charge is 0.270 e. The van der Waals surface area contributed by atoms with E-state index in [1.165, 1.54) is 0 Å². The average molecular weight is 281 g/mol. The molecule has 0 saturated carbocycles. The van der Waals surface area contributed by atoms with E-state index < -0.39 is 0 Å². The number of amides is 1. The Hall–Kier alpha value is -1.52. The number of carbonyl (C=O) groups excluding carboxylic acids is 1. The zero-order chi connectivity index (χ0) is 13.0. The number of hydrogen-bond donors (Lipinski definition) is 1. The van der Waals surface area contributed by atoms with Crippen LogP contribution in [0.4, 0.5) is 0 Å². The summed E-state index contributed by atoms with van der Waals surface area (Å²) in [5.74, 6) is -0.0739. The van der Waals surface area contributed by atoms with E-state index in [4.69, 9.17) is 11.6 Å². The van der Waals surface area contributed by atoms with E-state index in [-0.39, 0.29) is 5.91 Å². The molecular weight excluding hydrogens is 268 g/mol. The van der Waals surface area contributed by atoms with Crippen molar-refractivity contribution in [2.75, 3.05) is 6.54 Å². The first kappa shape index (κ1) is 12.9. The van der Waals surface area contributed by atoms with Crippen LogP contribution in [-0.2, 0) is 6.54 Å². The number of aromatic nitrogens is 1. The lowest BCUT2D eigenvalue weighted by molar-refractivity contribution is 0.0759. The van der Waals surface area contributed by atoms with Crippen molar-refractivity contribution >= 4 is 28.8 Å². The van der Waals surface area contributed by atoms with E-state index in [2.05, 4.69) is 11.6 Å². The molecule has 2 heterocycles. The van der Waals surface area contributed by atoms with E-state index in [0.717, 1.165) is 4.88 Å². The van der Waals surface area contributed by atoms with E-state index in [0.29, 0.717) is 23.8 Å². The summed E-state index contributed by atoms with van der Waals surface area (Å²) in [4.78, 5) is 18.0. The van der Waals surface area contributed by atoms with Gasteiger partial charge in [-0.25, -0.2) is 0 Å². The summed E-state index contributed by atoms with van der Waals surface area (Å²) < 4.78 is 0. The van der Waals surface area contributed by atoms with Gasteiger partial charge in [-0.15, -0.1) is 17.9 Å². The first-order chi connectivity index (χ1) is 8.70. The highest BCUT2D eigenvalue weighted by molar-refractivity contribution is 7.09. The second-order valence-corrected chi connectivity index (χ2v) is 5.25. The SMILES string of the molecule is C=CCN(Cc1cccs1)C(=O)c1cc(Cl)c[nH]1. The van der Waals surface area contributed by atoms with Crippen LogP contribution in [0.25, 0.3) is 0 Å². The predicted molar refractivity (Wildman–Crippen MR) is 75.1 cm³/mol. The molecule has 2 rings (SSSR count). The Kier molecular flexibility index (Phi) is 4.23. The van der Waals surface area contributed by atoms with E-state index in [9.17, 15) is 4.79 Å². The first-order valence-electron chi connectivity index (χ1n) is 5.47. The zero-order valence-corrected chi connectivity index (χ0v) is 11.3. The molecule has 18 heavy (non-hydrogen) atoms. The summed E-state index contributed by atoms with van der Waals surface area (Å²) in [5, 5.41) is 2.53. The lowest BCUT2D eigenvalue weighted by Crippen LogP contribution is -2.30. The molecule has 0 unspecified atom stereocenters. The summed E-state index contributed by atoms with van der Waals surface area (Å²) in [6.07, 6.45) is 3.32. The van der Waals surface area contributed by atoms with Crippen molar-refractivity contribution in [1.82, 2.24) is 9.88 Å². The molecular formula is C13H13ClN2OS. The number of nitrogens with one attached hydrogen (secondary N) is 1. The van der Waals surface area contributed by atoms with E-state index in [1.54, 1.807) is 34.6 Å². The number of nitrogens with zero attached hydrogens (tertiary/aromatic N) is 1. The minimum Gasteiger partial charge on any atom is -0.356 e. The molecule has 1 amide bonds. The van der Waals surface area contributed by atoms with Crippen LogP contribution in [-0.4, -0.2) is 22.3 Å². The standard InChI is InChI=1S/C13H13ClN2OS/c1-2-5-16(9-11-4-3-6-18-11)13(17)12-7-10(14)8-15-12/h2-4,6-8,15H,1,5,9H2. The summed E-state index contributed by atoms with van der Waals surface area (Å²) in [6, 6.07) is 5.62. The largest absolute Gasteiger partial charge is 0.356 e. The summed E-state index contributed by atoms with van der Waals surface area (Å²) >= 11 is 7.44. The van der Waals surface area contributed by atoms with Crippen LogP contribution >= 0.6 is 22.9 Å². The van der Waals surface area contributed by atoms with Crippen LogP contribution in [0.5, 0.6) is 0 Å². The highest BCUT2D eigenvalue weighted by Gasteiger charge is 2.16. The molecule has 0 aromatic carbocycles. The van der Waals surface area contributed by atoms with Crippen LogP contribution in [0.3, 0.4) is 0 Å². The summed E-state index contributed by atoms with van der Waals surface area (Å²) in [6.45, 7) is 4.77. The molecule has 0 bridgehead atoms. The number of halogens is 1. The van der Waals surface area contributed by atoms with Crippen molar-refractivity contribution in [3.05, 3.63) is 58.0 Å². The van der Waals surface area contributed by atoms with Gasteiger partial charge in [-0.3, -0.25) is 4.79 Å². The van der Waals surface area contributed by atoms with Crippen LogP contribution in [0.1, 0.15) is 15.4 Å². The van der Waals surface area contributed by atoms with Crippen molar-refractivity contribution in [1.29, 1.82) is 0 Å². The predicted octanol–water partition coefficient (Wildman–Crippen LogP) is 3.56. The maximum absolute atomic E-state index is 12.3. The Balaban J connectivity index is 2.14. The maximum atomic E-state index is 12.3. The Morgan fingerprint density at radius 2 is 2.44 bits per heavy atom. The van der Waals surface area contributed by atoms with Gasteiger partial charge >= 0.3 is 0 Å². The van der Waals surface area contributed by atoms with Gasteiger partial charge < -0.3 is 9.88 Å². The zero-order valence-electron chi connectivity index (χ0n) is 9.73. The fraction of sp³-hybridized carbons (Fsp3) is 0.154. The van der Waals surface area contributed by atoms with Crippen LogP contribution < -0.4 is 0 Å². The molecule has 0 aliphatic heterocycles. The topological polar surface area (TPSA) is 36.1 Å². The van der Waals surface area contributed by atoms with Gasteiger partial charge in [-0.1, -0.05) is 23.7 Å². The fourth-order valence-corrected chi connectivity index (χ4v) is 2.51. The molecule has 0 radical (unpaired) electrons. The Morgan fingerprint density at radius 3 is 3.00 bits per heavy atom. The highest BCUT2D eigenvalue weighted by Crippen LogP contribution is 2.16. The Labute approximate surface area is 115 Å². The van der Waals surface area contributed by atoms with Crippen molar-refractivity contribution in [2.24, 2.45) is 0 Å². The van der Waals surface area contributed by atoms with Gasteiger partial charge in [0.1, 0.15) is 5.69 Å². The van der Waals surface area contributed by atoms with Crippen molar-refractivity contribution in [3.8, 4) is 0 Å². The van der Waals surface area contributed by atoms with Gasteiger partial charge in [0.15, 0.2) is 0 Å². The number of aromatic amines is 1. The third-order valence-corrected chi connectivity index (χ3v) is 3.52. The molecule has 3 nitrogen and oxygen atoms in total. The van der Waals surface area contributed by atoms with Crippen molar-refractivity contribution < 1.29 is 4.79 Å². The third-order valence-electron chi connectivity index (χ3n) is 2.44. The molecule has 2 aromatic rings. The molecule has 2 aromatic heterocycles. The molecule has 94 valence electrons. The second-order valence-electron chi connectivity index (χ2n) is 3.79. The van der Waals surface area contributed by atoms with Crippen LogP contribution in [0.15, 0.2) is 42.4 Å². The number of thiophene rings is 1. The Bertz CT molecular complexity index is 533. The molecule has 0 atom stereocenters. The van der Waals surface area contributed by atoms with E-state index in [1.807, 2.05) is 17.5 Å². The van der Waals surface area contributed by atoms with Gasteiger partial charge in [-0.2, -0.15) is 0 Å². The monoisotopic (exact) mass is 280 g/mol. The van der Waals surface area contributed by atoms with Crippen LogP contribution in [0, 0.1) is 0 Å². The minimum absolute atomic E-state index is 0.0739. The highest BCUT2D eigenvalue weighted by atomic mass is 35.5. The third kappa shape index (κ3) is 3.03. The second kappa shape index (κ2) is 5.89. The molecule has 0 aliphatic carbocycles. The molecule has 0 saturated heterocycles. The van der Waals surface area contributed by atoms with E-state index >= 15 is 0 Å². The lowest BCUT2D eigenvalue weighted by Gasteiger charge is -2.19. The van der Waals surface area contributed by atoms with Crippen molar-refractivity contribution in [3.63, 3.8) is 0 Å². The molecule has 0 spiro atoms. The number of H-pyrrole nitrogens is 1. The maximum Gasteiger partial charge on any atom is 0.270 e. The number of hydrogen-bond acceptors (Lipinski definition) is 2. The van der Waals surface area contributed by atoms with Gasteiger partial charge in [-0.05, 0) is 17.5 Å². The van der Waals surface area contributed by atoms with Crippen LogP contribution in [0.2, 0.25) is 5.02 Å². The van der Waals surface area contributed by atoms with Gasteiger partial charge in [0.05, 0.1) is 11.6 Å². The van der Waals surface area contributed by atoms with Gasteiger partial charge in [0.2, 0.25) is 0 Å². The normalized spacial score (nSPS) is 10.3. The molecule has 5 heteroatoms. The summed E-state index contributed by atoms with van der Waals surface area (Å²) in [7, 11) is 0. The number of carbonyl (C=O) groups is 1. The van der Waals surface area contributed by atoms with Gasteiger partial charge in [0, 0.05) is 17.6 Å².